The van der Waals surface area contributed by atoms with E-state index in [0.717, 1.165) is 17.8 Å². The highest BCUT2D eigenvalue weighted by atomic mass is 16.3. The molecule has 1 rings (SSSR count). The molecule has 0 bridgehead atoms. The van der Waals surface area contributed by atoms with E-state index in [-0.39, 0.29) is 6.61 Å². The van der Waals surface area contributed by atoms with Crippen LogP contribution in [0.3, 0.4) is 0 Å². The van der Waals surface area contributed by atoms with Gasteiger partial charge in [-0.2, -0.15) is 0 Å². The second-order valence-corrected chi connectivity index (χ2v) is 3.70. The first-order chi connectivity index (χ1) is 7.20. The summed E-state index contributed by atoms with van der Waals surface area (Å²) < 4.78 is 0. The van der Waals surface area contributed by atoms with E-state index in [1.807, 2.05) is 12.1 Å². The molecule has 0 aromatic carbocycles. The topological polar surface area (TPSA) is 36.4 Å². The summed E-state index contributed by atoms with van der Waals surface area (Å²) in [6.07, 6.45) is 5.34. The maximum absolute atomic E-state index is 9.24. The van der Waals surface area contributed by atoms with Crippen molar-refractivity contribution >= 4 is 5.69 Å². The lowest BCUT2D eigenvalue weighted by Crippen LogP contribution is -2.31. The van der Waals surface area contributed by atoms with Crippen molar-refractivity contribution in [1.82, 2.24) is 4.98 Å². The first kappa shape index (κ1) is 11.7. The van der Waals surface area contributed by atoms with Crippen LogP contribution in [0.15, 0.2) is 31.1 Å². The van der Waals surface area contributed by atoms with Gasteiger partial charge in [0, 0.05) is 24.3 Å². The van der Waals surface area contributed by atoms with Crippen LogP contribution >= 0.6 is 0 Å². The van der Waals surface area contributed by atoms with Crippen molar-refractivity contribution in [3.05, 3.63) is 36.7 Å². The summed E-state index contributed by atoms with van der Waals surface area (Å²) in [5.41, 5.74) is 1.88. The Morgan fingerprint density at radius 3 is 2.87 bits per heavy atom. The number of hydrogen-bond donors (Lipinski definition) is 1. The Balaban J connectivity index is 3.03. The molecule has 3 heteroatoms. The normalized spacial score (nSPS) is 10.4. The number of rotatable bonds is 5. The molecule has 0 aliphatic rings. The molecule has 15 heavy (non-hydrogen) atoms. The number of anilines is 1. The van der Waals surface area contributed by atoms with Gasteiger partial charge in [0.2, 0.25) is 0 Å². The summed E-state index contributed by atoms with van der Waals surface area (Å²) in [6, 6.07) is 2.20. The Bertz CT molecular complexity index is 323. The molecular formula is C12H18N2O. The third-order valence-corrected chi connectivity index (χ3v) is 2.32. The highest BCUT2D eigenvalue weighted by Gasteiger charge is 2.12. The van der Waals surface area contributed by atoms with Crippen LogP contribution in [0, 0.1) is 0 Å². The van der Waals surface area contributed by atoms with Gasteiger partial charge in [0.25, 0.3) is 0 Å². The zero-order valence-corrected chi connectivity index (χ0v) is 9.35. The van der Waals surface area contributed by atoms with E-state index in [1.54, 1.807) is 12.4 Å². The van der Waals surface area contributed by atoms with Crippen LogP contribution in [0.1, 0.15) is 19.4 Å². The predicted molar refractivity (Wildman–Crippen MR) is 62.8 cm³/mol. The average Bonchev–Trinajstić information content (AvgIpc) is 2.25. The lowest BCUT2D eigenvalue weighted by molar-refractivity contribution is 0.282. The smallest absolute Gasteiger partial charge is 0.0703 e. The summed E-state index contributed by atoms with van der Waals surface area (Å²) in [4.78, 5) is 6.25. The molecule has 0 spiro atoms. The van der Waals surface area contributed by atoms with Crippen LogP contribution in [0.25, 0.3) is 0 Å². The summed E-state index contributed by atoms with van der Waals surface area (Å²) >= 11 is 0. The van der Waals surface area contributed by atoms with Crippen molar-refractivity contribution in [2.45, 2.75) is 26.5 Å². The largest absolute Gasteiger partial charge is 0.392 e. The number of nitrogens with zero attached hydrogens (tertiary/aromatic N) is 2. The number of aromatic nitrogens is 1. The first-order valence-electron chi connectivity index (χ1n) is 5.12. The van der Waals surface area contributed by atoms with E-state index in [2.05, 4.69) is 30.3 Å². The molecule has 0 radical (unpaired) electrons. The molecule has 0 aliphatic carbocycles. The molecule has 0 unspecified atom stereocenters. The minimum absolute atomic E-state index is 0.0399. The van der Waals surface area contributed by atoms with E-state index >= 15 is 0 Å². The molecule has 0 atom stereocenters. The van der Waals surface area contributed by atoms with Gasteiger partial charge >= 0.3 is 0 Å². The maximum Gasteiger partial charge on any atom is 0.0703 e. The van der Waals surface area contributed by atoms with Crippen molar-refractivity contribution in [1.29, 1.82) is 0 Å². The van der Waals surface area contributed by atoms with Crippen molar-refractivity contribution in [2.75, 3.05) is 11.4 Å². The molecule has 0 amide bonds. The minimum Gasteiger partial charge on any atom is -0.392 e. The molecule has 1 aromatic rings. The number of aliphatic hydroxyl groups excluding tert-OH is 1. The van der Waals surface area contributed by atoms with Gasteiger partial charge < -0.3 is 10.0 Å². The minimum atomic E-state index is 0.0399. The molecule has 0 fully saturated rings. The standard InChI is InChI=1S/C12H18N2O/c1-4-7-14(10(2)3)12-8-13-6-5-11(12)9-15/h4-6,8,10,15H,1,7,9H2,2-3H3. The number of hydrogen-bond acceptors (Lipinski definition) is 3. The van der Waals surface area contributed by atoms with E-state index < -0.39 is 0 Å². The number of aliphatic hydroxyl groups is 1. The maximum atomic E-state index is 9.24. The fourth-order valence-corrected chi connectivity index (χ4v) is 1.53. The van der Waals surface area contributed by atoms with Crippen LogP contribution < -0.4 is 4.90 Å². The summed E-state index contributed by atoms with van der Waals surface area (Å²) in [6.45, 7) is 8.76. The van der Waals surface area contributed by atoms with Crippen LogP contribution in [-0.2, 0) is 6.61 Å². The molecule has 0 saturated carbocycles. The van der Waals surface area contributed by atoms with E-state index in [9.17, 15) is 5.11 Å². The van der Waals surface area contributed by atoms with Gasteiger partial charge in [0.05, 0.1) is 18.5 Å². The highest BCUT2D eigenvalue weighted by Crippen LogP contribution is 2.21. The Morgan fingerprint density at radius 1 is 1.60 bits per heavy atom. The SMILES string of the molecule is C=CCN(c1cnccc1CO)C(C)C. The van der Waals surface area contributed by atoms with Gasteiger partial charge in [-0.15, -0.1) is 6.58 Å². The molecule has 0 saturated heterocycles. The summed E-state index contributed by atoms with van der Waals surface area (Å²) in [5.74, 6) is 0. The summed E-state index contributed by atoms with van der Waals surface area (Å²) in [5, 5.41) is 9.24. The number of pyridine rings is 1. The van der Waals surface area contributed by atoms with Crippen LogP contribution in [0.4, 0.5) is 5.69 Å². The van der Waals surface area contributed by atoms with Gasteiger partial charge in [-0.1, -0.05) is 6.08 Å². The van der Waals surface area contributed by atoms with Crippen LogP contribution in [-0.4, -0.2) is 22.7 Å². The zero-order chi connectivity index (χ0) is 11.3. The van der Waals surface area contributed by atoms with Crippen LogP contribution in [0.2, 0.25) is 0 Å². The predicted octanol–water partition coefficient (Wildman–Crippen LogP) is 1.97. The van der Waals surface area contributed by atoms with Crippen molar-refractivity contribution in [3.8, 4) is 0 Å². The van der Waals surface area contributed by atoms with Gasteiger partial charge in [0.15, 0.2) is 0 Å². The van der Waals surface area contributed by atoms with E-state index in [0.29, 0.717) is 6.04 Å². The fraction of sp³-hybridized carbons (Fsp3) is 0.417. The Morgan fingerprint density at radius 2 is 2.33 bits per heavy atom. The molecule has 1 heterocycles. The second kappa shape index (κ2) is 5.51. The lowest BCUT2D eigenvalue weighted by Gasteiger charge is -2.29. The van der Waals surface area contributed by atoms with Gasteiger partial charge in [0.1, 0.15) is 0 Å². The van der Waals surface area contributed by atoms with Crippen LogP contribution in [0.5, 0.6) is 0 Å². The third-order valence-electron chi connectivity index (χ3n) is 2.32. The zero-order valence-electron chi connectivity index (χ0n) is 9.35. The molecular weight excluding hydrogens is 188 g/mol. The lowest BCUT2D eigenvalue weighted by atomic mass is 10.2. The fourth-order valence-electron chi connectivity index (χ4n) is 1.53. The average molecular weight is 206 g/mol. The molecule has 3 nitrogen and oxygen atoms in total. The molecule has 1 N–H and O–H groups in total. The first-order valence-corrected chi connectivity index (χ1v) is 5.12. The van der Waals surface area contributed by atoms with Gasteiger partial charge in [-0.05, 0) is 19.9 Å². The second-order valence-electron chi connectivity index (χ2n) is 3.70. The van der Waals surface area contributed by atoms with Gasteiger partial charge in [-0.25, -0.2) is 0 Å². The van der Waals surface area contributed by atoms with E-state index in [1.165, 1.54) is 0 Å². The van der Waals surface area contributed by atoms with E-state index in [4.69, 9.17) is 0 Å². The monoisotopic (exact) mass is 206 g/mol. The van der Waals surface area contributed by atoms with Gasteiger partial charge in [-0.3, -0.25) is 4.98 Å². The quantitative estimate of drug-likeness (QED) is 0.748. The third kappa shape index (κ3) is 2.80. The highest BCUT2D eigenvalue weighted by molar-refractivity contribution is 5.52. The molecule has 82 valence electrons. The van der Waals surface area contributed by atoms with Crippen molar-refractivity contribution in [2.24, 2.45) is 0 Å². The Kier molecular flexibility index (Phi) is 4.31. The van der Waals surface area contributed by atoms with Crippen molar-refractivity contribution < 1.29 is 5.11 Å². The Hall–Kier alpha value is -1.35. The summed E-state index contributed by atoms with van der Waals surface area (Å²) in [7, 11) is 0. The molecule has 0 aliphatic heterocycles. The Labute approximate surface area is 91.1 Å². The molecule has 1 aromatic heterocycles. The van der Waals surface area contributed by atoms with Crippen molar-refractivity contribution in [3.63, 3.8) is 0 Å².